The van der Waals surface area contributed by atoms with Gasteiger partial charge < -0.3 is 4.74 Å². The Morgan fingerprint density at radius 1 is 1.10 bits per heavy atom. The molecular formula is C16H17NO3. The molecule has 0 saturated carbocycles. The molecule has 0 aromatic heterocycles. The van der Waals surface area contributed by atoms with Crippen LogP contribution in [0.15, 0.2) is 48.5 Å². The van der Waals surface area contributed by atoms with Gasteiger partial charge in [0.05, 0.1) is 11.0 Å². The first kappa shape index (κ1) is 14.1. The maximum atomic E-state index is 10.7. The van der Waals surface area contributed by atoms with Crippen LogP contribution in [-0.2, 0) is 6.42 Å². The largest absolute Gasteiger partial charge is 0.457 e. The van der Waals surface area contributed by atoms with Crippen LogP contribution in [0, 0.1) is 16.0 Å². The van der Waals surface area contributed by atoms with Crippen LogP contribution < -0.4 is 4.74 Å². The van der Waals surface area contributed by atoms with E-state index in [1.165, 1.54) is 17.7 Å². The fourth-order valence-corrected chi connectivity index (χ4v) is 1.96. The standard InChI is InChI=1S/C16H17NO3/c1-12(2)10-13-6-8-15(9-7-13)20-16-5-3-4-14(11-16)17(18)19/h3-9,11-12H,10H2,1-2H3. The van der Waals surface area contributed by atoms with Crippen LogP contribution in [0.3, 0.4) is 0 Å². The van der Waals surface area contributed by atoms with Gasteiger partial charge in [0.1, 0.15) is 11.5 Å². The van der Waals surface area contributed by atoms with Crippen molar-refractivity contribution in [3.05, 3.63) is 64.2 Å². The molecule has 0 spiro atoms. The van der Waals surface area contributed by atoms with E-state index in [9.17, 15) is 10.1 Å². The molecule has 0 bridgehead atoms. The second kappa shape index (κ2) is 6.19. The van der Waals surface area contributed by atoms with Crippen molar-refractivity contribution in [2.75, 3.05) is 0 Å². The molecule has 4 heteroatoms. The topological polar surface area (TPSA) is 52.4 Å². The fourth-order valence-electron chi connectivity index (χ4n) is 1.96. The molecule has 0 radical (unpaired) electrons. The maximum absolute atomic E-state index is 10.7. The van der Waals surface area contributed by atoms with Gasteiger partial charge in [0.2, 0.25) is 0 Å². The number of nitro groups is 1. The van der Waals surface area contributed by atoms with E-state index in [4.69, 9.17) is 4.74 Å². The molecule has 4 nitrogen and oxygen atoms in total. The molecule has 2 aromatic carbocycles. The Balaban J connectivity index is 2.10. The van der Waals surface area contributed by atoms with E-state index in [1.54, 1.807) is 12.1 Å². The molecule has 0 heterocycles. The number of hydrogen-bond acceptors (Lipinski definition) is 3. The normalized spacial score (nSPS) is 10.6. The molecule has 2 rings (SSSR count). The number of ether oxygens (including phenoxy) is 1. The third-order valence-corrected chi connectivity index (χ3v) is 2.83. The molecule has 0 aliphatic heterocycles. The average Bonchev–Trinajstić information content (AvgIpc) is 2.41. The van der Waals surface area contributed by atoms with Crippen molar-refractivity contribution in [1.82, 2.24) is 0 Å². The van der Waals surface area contributed by atoms with E-state index in [1.807, 2.05) is 24.3 Å². The summed E-state index contributed by atoms with van der Waals surface area (Å²) in [7, 11) is 0. The highest BCUT2D eigenvalue weighted by molar-refractivity contribution is 5.40. The van der Waals surface area contributed by atoms with Crippen LogP contribution in [0.4, 0.5) is 5.69 Å². The van der Waals surface area contributed by atoms with E-state index >= 15 is 0 Å². The highest BCUT2D eigenvalue weighted by atomic mass is 16.6. The summed E-state index contributed by atoms with van der Waals surface area (Å²) in [6.45, 7) is 4.35. The molecule has 0 atom stereocenters. The second-order valence-corrected chi connectivity index (χ2v) is 5.10. The Labute approximate surface area is 118 Å². The van der Waals surface area contributed by atoms with Crippen LogP contribution in [0.25, 0.3) is 0 Å². The molecule has 0 N–H and O–H groups in total. The Hall–Kier alpha value is -2.36. The third-order valence-electron chi connectivity index (χ3n) is 2.83. The van der Waals surface area contributed by atoms with Gasteiger partial charge in [0, 0.05) is 6.07 Å². The number of hydrogen-bond donors (Lipinski definition) is 0. The quantitative estimate of drug-likeness (QED) is 0.590. The Bertz CT molecular complexity index is 591. The molecular weight excluding hydrogens is 254 g/mol. The minimum atomic E-state index is -0.432. The zero-order valence-electron chi connectivity index (χ0n) is 11.6. The lowest BCUT2D eigenvalue weighted by Gasteiger charge is -2.08. The number of benzene rings is 2. The highest BCUT2D eigenvalue weighted by Gasteiger charge is 2.07. The van der Waals surface area contributed by atoms with E-state index in [0.29, 0.717) is 17.4 Å². The molecule has 2 aromatic rings. The summed E-state index contributed by atoms with van der Waals surface area (Å²) in [5.41, 5.74) is 1.28. The monoisotopic (exact) mass is 271 g/mol. The van der Waals surface area contributed by atoms with Crippen molar-refractivity contribution in [1.29, 1.82) is 0 Å². The zero-order valence-corrected chi connectivity index (χ0v) is 11.6. The molecule has 0 fully saturated rings. The summed E-state index contributed by atoms with van der Waals surface area (Å²) in [6.07, 6.45) is 1.02. The van der Waals surface area contributed by atoms with Gasteiger partial charge in [-0.05, 0) is 36.1 Å². The predicted octanol–water partition coefficient (Wildman–Crippen LogP) is 4.59. The van der Waals surface area contributed by atoms with Gasteiger partial charge in [-0.15, -0.1) is 0 Å². The summed E-state index contributed by atoms with van der Waals surface area (Å²) in [5.74, 6) is 1.76. The van der Waals surface area contributed by atoms with E-state index in [-0.39, 0.29) is 5.69 Å². The SMILES string of the molecule is CC(C)Cc1ccc(Oc2cccc([N+](=O)[O-])c2)cc1. The molecule has 0 amide bonds. The first-order valence-corrected chi connectivity index (χ1v) is 6.56. The number of rotatable bonds is 5. The molecule has 0 aliphatic rings. The highest BCUT2D eigenvalue weighted by Crippen LogP contribution is 2.25. The van der Waals surface area contributed by atoms with Crippen LogP contribution in [0.1, 0.15) is 19.4 Å². The van der Waals surface area contributed by atoms with Gasteiger partial charge in [-0.3, -0.25) is 10.1 Å². The molecule has 20 heavy (non-hydrogen) atoms. The summed E-state index contributed by atoms with van der Waals surface area (Å²) in [6, 6.07) is 14.0. The van der Waals surface area contributed by atoms with Crippen LogP contribution >= 0.6 is 0 Å². The number of non-ortho nitro benzene ring substituents is 1. The zero-order chi connectivity index (χ0) is 14.5. The second-order valence-electron chi connectivity index (χ2n) is 5.10. The Morgan fingerprint density at radius 3 is 2.40 bits per heavy atom. The number of nitrogens with zero attached hydrogens (tertiary/aromatic N) is 1. The van der Waals surface area contributed by atoms with Gasteiger partial charge in [-0.1, -0.05) is 32.0 Å². The lowest BCUT2D eigenvalue weighted by molar-refractivity contribution is -0.384. The smallest absolute Gasteiger partial charge is 0.273 e. The van der Waals surface area contributed by atoms with E-state index < -0.39 is 4.92 Å². The van der Waals surface area contributed by atoms with Crippen molar-refractivity contribution in [2.45, 2.75) is 20.3 Å². The Kier molecular flexibility index (Phi) is 4.35. The van der Waals surface area contributed by atoms with Gasteiger partial charge in [0.15, 0.2) is 0 Å². The lowest BCUT2D eigenvalue weighted by atomic mass is 10.0. The summed E-state index contributed by atoms with van der Waals surface area (Å²) in [4.78, 5) is 10.3. The van der Waals surface area contributed by atoms with Gasteiger partial charge >= 0.3 is 0 Å². The molecule has 104 valence electrons. The van der Waals surface area contributed by atoms with Gasteiger partial charge in [-0.25, -0.2) is 0 Å². The molecule has 0 saturated heterocycles. The van der Waals surface area contributed by atoms with Crippen molar-refractivity contribution < 1.29 is 9.66 Å². The summed E-state index contributed by atoms with van der Waals surface area (Å²) < 4.78 is 5.62. The van der Waals surface area contributed by atoms with E-state index in [0.717, 1.165) is 6.42 Å². The maximum Gasteiger partial charge on any atom is 0.273 e. The fraction of sp³-hybridized carbons (Fsp3) is 0.250. The minimum absolute atomic E-state index is 0.0268. The van der Waals surface area contributed by atoms with Crippen molar-refractivity contribution in [3.63, 3.8) is 0 Å². The van der Waals surface area contributed by atoms with Crippen LogP contribution in [0.5, 0.6) is 11.5 Å². The first-order chi connectivity index (χ1) is 9.54. The first-order valence-electron chi connectivity index (χ1n) is 6.56. The average molecular weight is 271 g/mol. The van der Waals surface area contributed by atoms with Crippen LogP contribution in [0.2, 0.25) is 0 Å². The summed E-state index contributed by atoms with van der Waals surface area (Å²) in [5, 5.41) is 10.7. The predicted molar refractivity (Wildman–Crippen MR) is 78.2 cm³/mol. The Morgan fingerprint density at radius 2 is 1.80 bits per heavy atom. The van der Waals surface area contributed by atoms with Gasteiger partial charge in [0.25, 0.3) is 5.69 Å². The van der Waals surface area contributed by atoms with Crippen molar-refractivity contribution in [3.8, 4) is 11.5 Å². The molecule has 0 unspecified atom stereocenters. The van der Waals surface area contributed by atoms with E-state index in [2.05, 4.69) is 13.8 Å². The van der Waals surface area contributed by atoms with Crippen molar-refractivity contribution >= 4 is 5.69 Å². The van der Waals surface area contributed by atoms with Crippen LogP contribution in [-0.4, -0.2) is 4.92 Å². The van der Waals surface area contributed by atoms with Gasteiger partial charge in [-0.2, -0.15) is 0 Å². The minimum Gasteiger partial charge on any atom is -0.457 e. The van der Waals surface area contributed by atoms with Crippen molar-refractivity contribution in [2.24, 2.45) is 5.92 Å². The number of nitro benzene ring substituents is 1. The molecule has 0 aliphatic carbocycles. The third kappa shape index (κ3) is 3.82. The summed E-state index contributed by atoms with van der Waals surface area (Å²) >= 11 is 0. The lowest BCUT2D eigenvalue weighted by Crippen LogP contribution is -1.94.